The summed E-state index contributed by atoms with van der Waals surface area (Å²) in [5.41, 5.74) is 0. The Hall–Kier alpha value is -3.16. The number of imide groups is 3. The second-order valence-corrected chi connectivity index (χ2v) is 9.05. The molecule has 13 nitrogen and oxygen atoms in total. The molecule has 40 heavy (non-hydrogen) atoms. The summed E-state index contributed by atoms with van der Waals surface area (Å²) in [5.74, 6) is -2.96. The number of unbranched alkanes of at least 4 members (excludes halogenated alkanes) is 2. The number of hydrogen-bond acceptors (Lipinski definition) is 11. The maximum atomic E-state index is 12.1. The highest BCUT2D eigenvalue weighted by Gasteiger charge is 2.29. The Balaban J connectivity index is 2.31. The first-order valence-corrected chi connectivity index (χ1v) is 13.5. The van der Waals surface area contributed by atoms with Crippen molar-refractivity contribution in [1.29, 1.82) is 0 Å². The average Bonchev–Trinajstić information content (AvgIpc) is 3.27. The van der Waals surface area contributed by atoms with Gasteiger partial charge in [0.15, 0.2) is 0 Å². The Morgan fingerprint density at radius 2 is 1.27 bits per heavy atom. The van der Waals surface area contributed by atoms with E-state index in [0.717, 1.165) is 25.0 Å². The van der Waals surface area contributed by atoms with Gasteiger partial charge in [-0.1, -0.05) is 0 Å². The van der Waals surface area contributed by atoms with Crippen LogP contribution in [0.3, 0.4) is 0 Å². The third kappa shape index (κ3) is 16.1. The number of esters is 2. The Morgan fingerprint density at radius 1 is 0.725 bits per heavy atom. The molecule has 1 rings (SSSR count). The molecule has 226 valence electrons. The lowest BCUT2D eigenvalue weighted by Gasteiger charge is -2.18. The zero-order chi connectivity index (χ0) is 29.6. The van der Waals surface area contributed by atoms with Crippen LogP contribution in [0, 0.1) is 0 Å². The molecule has 0 fully saturated rings. The highest BCUT2D eigenvalue weighted by Crippen LogP contribution is 2.08. The molecule has 0 aromatic rings. The summed E-state index contributed by atoms with van der Waals surface area (Å²) in [7, 11) is 3.18. The molecule has 0 saturated carbocycles. The molecule has 0 saturated heterocycles. The summed E-state index contributed by atoms with van der Waals surface area (Å²) in [6, 6.07) is 0. The summed E-state index contributed by atoms with van der Waals surface area (Å²) >= 11 is 0. The number of amides is 4. The minimum atomic E-state index is -0.676. The zero-order valence-corrected chi connectivity index (χ0v) is 23.5. The van der Waals surface area contributed by atoms with Crippen LogP contribution >= 0.6 is 0 Å². The van der Waals surface area contributed by atoms with Crippen LogP contribution in [0.2, 0.25) is 0 Å². The highest BCUT2D eigenvalue weighted by molar-refractivity contribution is 6.22. The molecule has 0 atom stereocenters. The number of nitrogens with one attached hydrogen (secondary N) is 1. The van der Waals surface area contributed by atoms with Gasteiger partial charge in [0.05, 0.1) is 0 Å². The van der Waals surface area contributed by atoms with Crippen molar-refractivity contribution in [3.63, 3.8) is 0 Å². The predicted molar refractivity (Wildman–Crippen MR) is 141 cm³/mol. The topological polar surface area (TPSA) is 164 Å². The van der Waals surface area contributed by atoms with Crippen LogP contribution in [0.15, 0.2) is 12.2 Å². The minimum absolute atomic E-state index is 0.0551. The second-order valence-electron chi connectivity index (χ2n) is 9.05. The smallest absolute Gasteiger partial charge is 0.305 e. The molecule has 1 aliphatic rings. The Kier molecular flexibility index (Phi) is 18.9. The molecular weight excluding hydrogens is 528 g/mol. The van der Waals surface area contributed by atoms with Gasteiger partial charge in [0.2, 0.25) is 11.8 Å². The third-order valence-electron chi connectivity index (χ3n) is 5.67. The number of nitrogens with zero attached hydrogens (tertiary/aromatic N) is 1. The number of methoxy groups -OCH3 is 2. The van der Waals surface area contributed by atoms with Gasteiger partial charge in [-0.25, -0.2) is 4.90 Å². The first-order chi connectivity index (χ1) is 19.3. The molecule has 13 heteroatoms. The van der Waals surface area contributed by atoms with Crippen LogP contribution in [-0.4, -0.2) is 100 Å². The molecule has 1 N–H and O–H groups in total. The van der Waals surface area contributed by atoms with E-state index in [9.17, 15) is 28.8 Å². The molecule has 0 radical (unpaired) electrons. The Morgan fingerprint density at radius 3 is 1.80 bits per heavy atom. The lowest BCUT2D eigenvalue weighted by atomic mass is 10.2. The van der Waals surface area contributed by atoms with E-state index in [0.29, 0.717) is 37.4 Å². The monoisotopic (exact) mass is 570 g/mol. The van der Waals surface area contributed by atoms with Gasteiger partial charge in [-0.2, -0.15) is 0 Å². The number of ether oxygens (including phenoxy) is 5. The van der Waals surface area contributed by atoms with E-state index in [1.165, 1.54) is 0 Å². The van der Waals surface area contributed by atoms with E-state index < -0.39 is 23.8 Å². The van der Waals surface area contributed by atoms with E-state index in [-0.39, 0.29) is 76.3 Å². The first-order valence-electron chi connectivity index (χ1n) is 13.5. The maximum Gasteiger partial charge on any atom is 0.305 e. The van der Waals surface area contributed by atoms with Gasteiger partial charge < -0.3 is 29.0 Å². The standard InChI is InChI=1S/C27H42N2O11/c1-36-16-5-3-11-26(34)39-19-21(20-40-27(35)12-4-6-17-37-2)38-18-8-9-22(30)28-15-7-10-23(31)29-24(32)13-14-25(29)33/h13-14,21H,3-12,15-20H2,1-2H3,(H,28,30). The van der Waals surface area contributed by atoms with Crippen LogP contribution in [0.5, 0.6) is 0 Å². The molecule has 0 aromatic carbocycles. The van der Waals surface area contributed by atoms with Gasteiger partial charge >= 0.3 is 11.9 Å². The van der Waals surface area contributed by atoms with Crippen LogP contribution < -0.4 is 5.32 Å². The fourth-order valence-corrected chi connectivity index (χ4v) is 3.49. The van der Waals surface area contributed by atoms with Crippen molar-refractivity contribution >= 4 is 35.6 Å². The molecule has 1 heterocycles. The zero-order valence-electron chi connectivity index (χ0n) is 23.5. The summed E-state index contributed by atoms with van der Waals surface area (Å²) in [6.45, 7) is 1.32. The maximum absolute atomic E-state index is 12.1. The molecular formula is C27H42N2O11. The number of hydrogen-bond donors (Lipinski definition) is 1. The summed E-state index contributed by atoms with van der Waals surface area (Å²) in [4.78, 5) is 71.6. The van der Waals surface area contributed by atoms with Gasteiger partial charge in [0, 0.05) is 78.4 Å². The van der Waals surface area contributed by atoms with Gasteiger partial charge in [-0.15, -0.1) is 0 Å². The fourth-order valence-electron chi connectivity index (χ4n) is 3.49. The number of carbonyl (C=O) groups excluding carboxylic acids is 6. The molecule has 0 bridgehead atoms. The van der Waals surface area contributed by atoms with Crippen molar-refractivity contribution < 1.29 is 52.5 Å². The summed E-state index contributed by atoms with van der Waals surface area (Å²) in [5, 5.41) is 2.67. The van der Waals surface area contributed by atoms with Crippen molar-refractivity contribution in [2.45, 2.75) is 70.3 Å². The third-order valence-corrected chi connectivity index (χ3v) is 5.67. The fraction of sp³-hybridized carbons (Fsp3) is 0.704. The predicted octanol–water partition coefficient (Wildman–Crippen LogP) is 1.22. The van der Waals surface area contributed by atoms with Gasteiger partial charge in [-0.05, 0) is 38.5 Å². The number of carbonyl (C=O) groups is 6. The second kappa shape index (κ2) is 21.6. The average molecular weight is 571 g/mol. The van der Waals surface area contributed by atoms with E-state index in [4.69, 9.17) is 23.7 Å². The van der Waals surface area contributed by atoms with Gasteiger partial charge in [0.1, 0.15) is 19.3 Å². The molecule has 0 aromatic heterocycles. The van der Waals surface area contributed by atoms with E-state index in [1.807, 2.05) is 0 Å². The minimum Gasteiger partial charge on any atom is -0.463 e. The molecule has 0 spiro atoms. The van der Waals surface area contributed by atoms with Crippen LogP contribution in [-0.2, 0) is 52.5 Å². The quantitative estimate of drug-likeness (QED) is 0.107. The van der Waals surface area contributed by atoms with Gasteiger partial charge in [0.25, 0.3) is 11.8 Å². The summed E-state index contributed by atoms with van der Waals surface area (Å²) < 4.78 is 26.2. The molecule has 1 aliphatic heterocycles. The molecule has 0 aliphatic carbocycles. The lowest BCUT2D eigenvalue weighted by Crippen LogP contribution is -2.36. The van der Waals surface area contributed by atoms with Crippen LogP contribution in [0.1, 0.15) is 64.2 Å². The van der Waals surface area contributed by atoms with Gasteiger partial charge in [-0.3, -0.25) is 28.8 Å². The van der Waals surface area contributed by atoms with Crippen molar-refractivity contribution in [3.8, 4) is 0 Å². The summed E-state index contributed by atoms with van der Waals surface area (Å²) in [6.07, 6.45) is 5.33. The van der Waals surface area contributed by atoms with Crippen LogP contribution in [0.25, 0.3) is 0 Å². The Bertz CT molecular complexity index is 813. The van der Waals surface area contributed by atoms with E-state index in [1.54, 1.807) is 14.2 Å². The van der Waals surface area contributed by atoms with Crippen molar-refractivity contribution in [2.24, 2.45) is 0 Å². The van der Waals surface area contributed by atoms with E-state index in [2.05, 4.69) is 5.32 Å². The van der Waals surface area contributed by atoms with Crippen molar-refractivity contribution in [1.82, 2.24) is 10.2 Å². The Labute approximate surface area is 234 Å². The van der Waals surface area contributed by atoms with Crippen LogP contribution in [0.4, 0.5) is 0 Å². The van der Waals surface area contributed by atoms with Crippen molar-refractivity contribution in [3.05, 3.63) is 12.2 Å². The highest BCUT2D eigenvalue weighted by atomic mass is 16.6. The largest absolute Gasteiger partial charge is 0.463 e. The first kappa shape index (κ1) is 34.9. The van der Waals surface area contributed by atoms with E-state index >= 15 is 0 Å². The lowest BCUT2D eigenvalue weighted by molar-refractivity contribution is -0.156. The normalized spacial score (nSPS) is 12.7. The van der Waals surface area contributed by atoms with Crippen molar-refractivity contribution in [2.75, 3.05) is 53.8 Å². The SMILES string of the molecule is COCCCCC(=O)OCC(COC(=O)CCCCOC)OCCCC(=O)NCCCC(=O)N1C(=O)C=CC1=O. The molecule has 0 unspecified atom stereocenters. The number of rotatable bonds is 23. The molecule has 4 amide bonds.